The third kappa shape index (κ3) is 4.31. The van der Waals surface area contributed by atoms with Crippen LogP contribution in [0.2, 0.25) is 0 Å². The molecule has 0 unspecified atom stereocenters. The Morgan fingerprint density at radius 3 is 3.04 bits per heavy atom. The number of rotatable bonds is 6. The molecule has 2 N–H and O–H groups in total. The highest BCUT2D eigenvalue weighted by Crippen LogP contribution is 2.27. The molecule has 0 saturated carbocycles. The van der Waals surface area contributed by atoms with Crippen LogP contribution in [0.15, 0.2) is 23.3 Å². The molecular formula is C17H24N4O2. The number of hydrazone groups is 1. The number of hydrogen-bond donors (Lipinski definition) is 2. The smallest absolute Gasteiger partial charge is 0.256 e. The SMILES string of the molecule is CCOc1ccc(C(=O)N2CCCC[C@H]2C)c(N/N=C\C=N)c1. The van der Waals surface area contributed by atoms with Crippen LogP contribution in [-0.2, 0) is 0 Å². The summed E-state index contributed by atoms with van der Waals surface area (Å²) in [5, 5.41) is 10.9. The van der Waals surface area contributed by atoms with Gasteiger partial charge in [-0.05, 0) is 45.2 Å². The van der Waals surface area contributed by atoms with E-state index in [4.69, 9.17) is 10.1 Å². The Balaban J connectivity index is 2.28. The van der Waals surface area contributed by atoms with Crippen molar-refractivity contribution in [1.82, 2.24) is 4.90 Å². The summed E-state index contributed by atoms with van der Waals surface area (Å²) in [6.07, 6.45) is 5.65. The van der Waals surface area contributed by atoms with Gasteiger partial charge < -0.3 is 15.0 Å². The zero-order chi connectivity index (χ0) is 16.7. The fraction of sp³-hybridized carbons (Fsp3) is 0.471. The van der Waals surface area contributed by atoms with E-state index in [9.17, 15) is 4.79 Å². The van der Waals surface area contributed by atoms with Crippen LogP contribution >= 0.6 is 0 Å². The number of carbonyl (C=O) groups is 1. The first-order chi connectivity index (χ1) is 11.2. The Kier molecular flexibility index (Phi) is 6.14. The summed E-state index contributed by atoms with van der Waals surface area (Å²) in [5.41, 5.74) is 4.01. The molecular weight excluding hydrogens is 292 g/mol. The van der Waals surface area contributed by atoms with Crippen molar-refractivity contribution in [3.05, 3.63) is 23.8 Å². The average molecular weight is 316 g/mol. The van der Waals surface area contributed by atoms with Crippen LogP contribution in [-0.4, -0.2) is 42.4 Å². The number of nitrogens with zero attached hydrogens (tertiary/aromatic N) is 2. The van der Waals surface area contributed by atoms with Gasteiger partial charge in [-0.1, -0.05) is 0 Å². The van der Waals surface area contributed by atoms with E-state index in [1.165, 1.54) is 12.6 Å². The zero-order valence-electron chi connectivity index (χ0n) is 13.7. The van der Waals surface area contributed by atoms with Crippen molar-refractivity contribution in [3.8, 4) is 5.75 Å². The molecule has 6 heteroatoms. The number of nitrogens with one attached hydrogen (secondary N) is 2. The van der Waals surface area contributed by atoms with E-state index in [1.807, 2.05) is 11.8 Å². The van der Waals surface area contributed by atoms with Crippen LogP contribution in [0, 0.1) is 5.41 Å². The van der Waals surface area contributed by atoms with Crippen LogP contribution < -0.4 is 10.2 Å². The quantitative estimate of drug-likeness (QED) is 0.625. The third-order valence-electron chi connectivity index (χ3n) is 3.93. The maximum Gasteiger partial charge on any atom is 0.256 e. The second kappa shape index (κ2) is 8.31. The summed E-state index contributed by atoms with van der Waals surface area (Å²) in [4.78, 5) is 14.8. The molecule has 1 saturated heterocycles. The molecule has 0 aromatic heterocycles. The Morgan fingerprint density at radius 1 is 1.52 bits per heavy atom. The van der Waals surface area contributed by atoms with Gasteiger partial charge in [0.1, 0.15) is 5.75 Å². The van der Waals surface area contributed by atoms with Gasteiger partial charge in [0.15, 0.2) is 0 Å². The second-order valence-corrected chi connectivity index (χ2v) is 5.54. The molecule has 1 amide bonds. The highest BCUT2D eigenvalue weighted by Gasteiger charge is 2.26. The van der Waals surface area contributed by atoms with Gasteiger partial charge in [-0.25, -0.2) is 0 Å². The topological polar surface area (TPSA) is 77.8 Å². The number of anilines is 1. The minimum absolute atomic E-state index is 0.00722. The lowest BCUT2D eigenvalue weighted by Gasteiger charge is -2.33. The van der Waals surface area contributed by atoms with E-state index in [-0.39, 0.29) is 11.9 Å². The van der Waals surface area contributed by atoms with Gasteiger partial charge in [0, 0.05) is 24.9 Å². The minimum Gasteiger partial charge on any atom is -0.494 e. The lowest BCUT2D eigenvalue weighted by Crippen LogP contribution is -2.42. The highest BCUT2D eigenvalue weighted by molar-refractivity contribution is 6.14. The van der Waals surface area contributed by atoms with Crippen LogP contribution in [0.5, 0.6) is 5.75 Å². The Hall–Kier alpha value is -2.37. The van der Waals surface area contributed by atoms with E-state index in [0.717, 1.165) is 25.6 Å². The molecule has 23 heavy (non-hydrogen) atoms. The van der Waals surface area contributed by atoms with Crippen LogP contribution in [0.25, 0.3) is 0 Å². The highest BCUT2D eigenvalue weighted by atomic mass is 16.5. The summed E-state index contributed by atoms with van der Waals surface area (Å²) < 4.78 is 5.49. The van der Waals surface area contributed by atoms with Gasteiger partial charge in [-0.3, -0.25) is 10.2 Å². The maximum absolute atomic E-state index is 12.9. The van der Waals surface area contributed by atoms with E-state index in [0.29, 0.717) is 23.6 Å². The molecule has 1 aromatic rings. The summed E-state index contributed by atoms with van der Waals surface area (Å²) in [6, 6.07) is 5.60. The predicted octanol–water partition coefficient (Wildman–Crippen LogP) is 3.15. The normalized spacial score (nSPS) is 18.0. The molecule has 1 fully saturated rings. The van der Waals surface area contributed by atoms with Crippen LogP contribution in [0.3, 0.4) is 0 Å². The number of benzene rings is 1. The van der Waals surface area contributed by atoms with Gasteiger partial charge in [0.25, 0.3) is 5.91 Å². The van der Waals surface area contributed by atoms with E-state index in [2.05, 4.69) is 17.5 Å². The van der Waals surface area contributed by atoms with Gasteiger partial charge in [-0.15, -0.1) is 0 Å². The molecule has 0 spiro atoms. The van der Waals surface area contributed by atoms with Gasteiger partial charge in [0.2, 0.25) is 0 Å². The maximum atomic E-state index is 12.9. The fourth-order valence-electron chi connectivity index (χ4n) is 2.76. The van der Waals surface area contributed by atoms with Crippen molar-refractivity contribution < 1.29 is 9.53 Å². The first-order valence-corrected chi connectivity index (χ1v) is 8.03. The fourth-order valence-corrected chi connectivity index (χ4v) is 2.76. The third-order valence-corrected chi connectivity index (χ3v) is 3.93. The number of ether oxygens (including phenoxy) is 1. The number of amides is 1. The monoisotopic (exact) mass is 316 g/mol. The predicted molar refractivity (Wildman–Crippen MR) is 92.9 cm³/mol. The lowest BCUT2D eigenvalue weighted by atomic mass is 10.0. The van der Waals surface area contributed by atoms with E-state index >= 15 is 0 Å². The first-order valence-electron chi connectivity index (χ1n) is 8.03. The van der Waals surface area contributed by atoms with Gasteiger partial charge in [0.05, 0.1) is 24.1 Å². The standard InChI is InChI=1S/C17H24N4O2/c1-3-23-14-7-8-15(16(12-14)20-19-10-9-18)17(22)21-11-5-4-6-13(21)2/h7-10,12-13,18,20H,3-6,11H2,1-2H3/b18-9?,19-10-/t13-/m1/s1. The van der Waals surface area contributed by atoms with Crippen molar-refractivity contribution in [2.75, 3.05) is 18.6 Å². The molecule has 6 nitrogen and oxygen atoms in total. The summed E-state index contributed by atoms with van der Waals surface area (Å²) in [6.45, 7) is 5.34. The van der Waals surface area contributed by atoms with Crippen molar-refractivity contribution in [2.24, 2.45) is 5.10 Å². The molecule has 124 valence electrons. The lowest BCUT2D eigenvalue weighted by molar-refractivity contribution is 0.0636. The average Bonchev–Trinajstić information content (AvgIpc) is 2.55. The summed E-state index contributed by atoms with van der Waals surface area (Å²) >= 11 is 0. The van der Waals surface area contributed by atoms with Gasteiger partial charge in [-0.2, -0.15) is 5.10 Å². The Bertz CT molecular complexity index is 586. The molecule has 1 aliphatic heterocycles. The number of hydrogen-bond acceptors (Lipinski definition) is 5. The van der Waals surface area contributed by atoms with E-state index < -0.39 is 0 Å². The molecule has 0 radical (unpaired) electrons. The molecule has 0 bridgehead atoms. The molecule has 0 aliphatic carbocycles. The Morgan fingerprint density at radius 2 is 2.35 bits per heavy atom. The molecule has 1 aromatic carbocycles. The largest absolute Gasteiger partial charge is 0.494 e. The molecule has 1 heterocycles. The van der Waals surface area contributed by atoms with Crippen molar-refractivity contribution in [2.45, 2.75) is 39.2 Å². The first kappa shape index (κ1) is 17.0. The molecule has 1 aliphatic rings. The van der Waals surface area contributed by atoms with E-state index in [1.54, 1.807) is 18.2 Å². The van der Waals surface area contributed by atoms with Gasteiger partial charge >= 0.3 is 0 Å². The molecule has 1 atom stereocenters. The van der Waals surface area contributed by atoms with Crippen molar-refractivity contribution in [3.63, 3.8) is 0 Å². The van der Waals surface area contributed by atoms with Crippen molar-refractivity contribution >= 4 is 24.0 Å². The molecule has 2 rings (SSSR count). The zero-order valence-corrected chi connectivity index (χ0v) is 13.7. The minimum atomic E-state index is 0.00722. The number of likely N-dealkylation sites (tertiary alicyclic amines) is 1. The van der Waals surface area contributed by atoms with Crippen molar-refractivity contribution in [1.29, 1.82) is 5.41 Å². The number of piperidine rings is 1. The Labute approximate surface area is 137 Å². The summed E-state index contributed by atoms with van der Waals surface area (Å²) in [7, 11) is 0. The number of carbonyl (C=O) groups excluding carboxylic acids is 1. The van der Waals surface area contributed by atoms with Crippen LogP contribution in [0.4, 0.5) is 5.69 Å². The second-order valence-electron chi connectivity index (χ2n) is 5.54. The van der Waals surface area contributed by atoms with Crippen LogP contribution in [0.1, 0.15) is 43.5 Å². The summed E-state index contributed by atoms with van der Waals surface area (Å²) in [5.74, 6) is 0.691.